The first-order valence-corrected chi connectivity index (χ1v) is 5.93. The van der Waals surface area contributed by atoms with Crippen molar-refractivity contribution in [2.45, 2.75) is 71.3 Å². The molecular weight excluding hydrogens is 176 g/mol. The standard InChI is InChI=1S/C12H24O2/c1-3-5-6-7-8-9-10-12(14)11(13)4-2/h11,13H,3-10H2,1-2H3/t11-/m0/s1. The quantitative estimate of drug-likeness (QED) is 0.581. The molecule has 0 aliphatic heterocycles. The van der Waals surface area contributed by atoms with Gasteiger partial charge in [0.05, 0.1) is 0 Å². The van der Waals surface area contributed by atoms with Gasteiger partial charge in [0.1, 0.15) is 6.10 Å². The van der Waals surface area contributed by atoms with E-state index in [1.54, 1.807) is 0 Å². The summed E-state index contributed by atoms with van der Waals surface area (Å²) in [5.41, 5.74) is 0. The molecule has 0 aliphatic carbocycles. The van der Waals surface area contributed by atoms with Gasteiger partial charge in [-0.25, -0.2) is 0 Å². The number of hydrogen-bond donors (Lipinski definition) is 1. The van der Waals surface area contributed by atoms with Crippen molar-refractivity contribution in [3.05, 3.63) is 0 Å². The Balaban J connectivity index is 3.23. The predicted molar refractivity (Wildman–Crippen MR) is 59.3 cm³/mol. The Labute approximate surface area is 87.7 Å². The lowest BCUT2D eigenvalue weighted by atomic mass is 10.0. The predicted octanol–water partition coefficient (Wildman–Crippen LogP) is 3.08. The summed E-state index contributed by atoms with van der Waals surface area (Å²) in [6.45, 7) is 4.03. The van der Waals surface area contributed by atoms with Crippen LogP contribution in [-0.4, -0.2) is 17.0 Å². The van der Waals surface area contributed by atoms with Gasteiger partial charge in [-0.05, 0) is 12.8 Å². The molecule has 2 heteroatoms. The highest BCUT2D eigenvalue weighted by atomic mass is 16.3. The molecule has 0 saturated carbocycles. The monoisotopic (exact) mass is 200 g/mol. The van der Waals surface area contributed by atoms with Crippen molar-refractivity contribution < 1.29 is 9.90 Å². The van der Waals surface area contributed by atoms with E-state index < -0.39 is 6.10 Å². The van der Waals surface area contributed by atoms with Gasteiger partial charge in [0.25, 0.3) is 0 Å². The van der Waals surface area contributed by atoms with Crippen molar-refractivity contribution in [1.82, 2.24) is 0 Å². The van der Waals surface area contributed by atoms with Crippen LogP contribution in [0, 0.1) is 0 Å². The highest BCUT2D eigenvalue weighted by Gasteiger charge is 2.10. The smallest absolute Gasteiger partial charge is 0.161 e. The van der Waals surface area contributed by atoms with Crippen LogP contribution in [-0.2, 0) is 4.79 Å². The van der Waals surface area contributed by atoms with E-state index in [0.29, 0.717) is 12.8 Å². The number of Topliss-reactive ketones (excluding diaryl/α,β-unsaturated/α-hetero) is 1. The maximum absolute atomic E-state index is 11.2. The number of hydrogen-bond acceptors (Lipinski definition) is 2. The molecule has 0 spiro atoms. The number of ketones is 1. The molecule has 0 fully saturated rings. The van der Waals surface area contributed by atoms with E-state index in [1.807, 2.05) is 6.92 Å². The maximum atomic E-state index is 11.2. The van der Waals surface area contributed by atoms with Crippen LogP contribution in [0.1, 0.15) is 65.2 Å². The Kier molecular flexibility index (Phi) is 8.95. The molecule has 0 unspecified atom stereocenters. The molecule has 0 aromatic heterocycles. The Morgan fingerprint density at radius 1 is 1.07 bits per heavy atom. The fraction of sp³-hybridized carbons (Fsp3) is 0.917. The van der Waals surface area contributed by atoms with Crippen LogP contribution in [0.4, 0.5) is 0 Å². The van der Waals surface area contributed by atoms with Crippen LogP contribution in [0.25, 0.3) is 0 Å². The molecule has 0 saturated heterocycles. The van der Waals surface area contributed by atoms with E-state index in [1.165, 1.54) is 25.7 Å². The number of aliphatic hydroxyl groups excluding tert-OH is 1. The highest BCUT2D eigenvalue weighted by Crippen LogP contribution is 2.08. The third kappa shape index (κ3) is 7.07. The molecule has 0 amide bonds. The molecule has 0 aromatic rings. The van der Waals surface area contributed by atoms with Gasteiger partial charge in [-0.15, -0.1) is 0 Å². The zero-order valence-corrected chi connectivity index (χ0v) is 9.59. The Hall–Kier alpha value is -0.370. The lowest BCUT2D eigenvalue weighted by Crippen LogP contribution is -2.18. The van der Waals surface area contributed by atoms with E-state index in [2.05, 4.69) is 6.92 Å². The highest BCUT2D eigenvalue weighted by molar-refractivity contribution is 5.82. The zero-order valence-electron chi connectivity index (χ0n) is 9.59. The number of aliphatic hydroxyl groups is 1. The molecule has 2 nitrogen and oxygen atoms in total. The number of carbonyl (C=O) groups is 1. The van der Waals surface area contributed by atoms with Crippen molar-refractivity contribution in [3.8, 4) is 0 Å². The molecule has 0 radical (unpaired) electrons. The summed E-state index contributed by atoms with van der Waals surface area (Å²) in [5, 5.41) is 9.22. The lowest BCUT2D eigenvalue weighted by molar-refractivity contribution is -0.127. The Bertz CT molecular complexity index is 143. The minimum absolute atomic E-state index is 0.0167. The van der Waals surface area contributed by atoms with Gasteiger partial charge < -0.3 is 5.11 Å². The van der Waals surface area contributed by atoms with Crippen LogP contribution in [0.2, 0.25) is 0 Å². The summed E-state index contributed by atoms with van der Waals surface area (Å²) in [5.74, 6) is 0.0167. The Morgan fingerprint density at radius 2 is 1.64 bits per heavy atom. The van der Waals surface area contributed by atoms with Crippen LogP contribution in [0.5, 0.6) is 0 Å². The molecule has 0 aromatic carbocycles. The summed E-state index contributed by atoms with van der Waals surface area (Å²) in [6, 6.07) is 0. The first-order valence-electron chi connectivity index (χ1n) is 5.93. The zero-order chi connectivity index (χ0) is 10.8. The van der Waals surface area contributed by atoms with E-state index in [9.17, 15) is 9.90 Å². The second kappa shape index (κ2) is 9.20. The minimum Gasteiger partial charge on any atom is -0.385 e. The van der Waals surface area contributed by atoms with Crippen molar-refractivity contribution in [1.29, 1.82) is 0 Å². The third-order valence-electron chi connectivity index (χ3n) is 2.54. The van der Waals surface area contributed by atoms with Crippen LogP contribution >= 0.6 is 0 Å². The lowest BCUT2D eigenvalue weighted by Gasteiger charge is -2.05. The van der Waals surface area contributed by atoms with Gasteiger partial charge in [-0.2, -0.15) is 0 Å². The molecular formula is C12H24O2. The van der Waals surface area contributed by atoms with E-state index in [4.69, 9.17) is 0 Å². The van der Waals surface area contributed by atoms with Gasteiger partial charge in [-0.3, -0.25) is 4.79 Å². The van der Waals surface area contributed by atoms with Gasteiger partial charge >= 0.3 is 0 Å². The molecule has 84 valence electrons. The van der Waals surface area contributed by atoms with E-state index >= 15 is 0 Å². The van der Waals surface area contributed by atoms with Crippen LogP contribution in [0.15, 0.2) is 0 Å². The Morgan fingerprint density at radius 3 is 2.21 bits per heavy atom. The maximum Gasteiger partial charge on any atom is 0.161 e. The second-order valence-corrected chi connectivity index (χ2v) is 3.91. The summed E-state index contributed by atoms with van der Waals surface area (Å²) in [6.07, 6.45) is 7.52. The average Bonchev–Trinajstić information content (AvgIpc) is 2.21. The van der Waals surface area contributed by atoms with E-state index in [0.717, 1.165) is 12.8 Å². The molecule has 0 heterocycles. The normalized spacial score (nSPS) is 12.8. The largest absolute Gasteiger partial charge is 0.385 e. The average molecular weight is 200 g/mol. The van der Waals surface area contributed by atoms with Crippen molar-refractivity contribution in [3.63, 3.8) is 0 Å². The topological polar surface area (TPSA) is 37.3 Å². The molecule has 0 rings (SSSR count). The first kappa shape index (κ1) is 13.6. The third-order valence-corrected chi connectivity index (χ3v) is 2.54. The fourth-order valence-corrected chi connectivity index (χ4v) is 1.47. The van der Waals surface area contributed by atoms with Crippen molar-refractivity contribution >= 4 is 5.78 Å². The SMILES string of the molecule is CCCCCCCCC(=O)[C@@H](O)CC. The summed E-state index contributed by atoms with van der Waals surface area (Å²) in [7, 11) is 0. The van der Waals surface area contributed by atoms with Gasteiger partial charge in [0.2, 0.25) is 0 Å². The van der Waals surface area contributed by atoms with Crippen LogP contribution < -0.4 is 0 Å². The fourth-order valence-electron chi connectivity index (χ4n) is 1.47. The first-order chi connectivity index (χ1) is 6.72. The summed E-state index contributed by atoms with van der Waals surface area (Å²) in [4.78, 5) is 11.2. The van der Waals surface area contributed by atoms with Crippen LogP contribution in [0.3, 0.4) is 0 Å². The van der Waals surface area contributed by atoms with Crippen molar-refractivity contribution in [2.75, 3.05) is 0 Å². The molecule has 1 N–H and O–H groups in total. The van der Waals surface area contributed by atoms with Gasteiger partial charge in [0.15, 0.2) is 5.78 Å². The number of unbranched alkanes of at least 4 members (excludes halogenated alkanes) is 5. The number of carbonyl (C=O) groups excluding carboxylic acids is 1. The summed E-state index contributed by atoms with van der Waals surface area (Å²) >= 11 is 0. The summed E-state index contributed by atoms with van der Waals surface area (Å²) < 4.78 is 0. The minimum atomic E-state index is -0.717. The molecule has 0 aliphatic rings. The second-order valence-electron chi connectivity index (χ2n) is 3.91. The van der Waals surface area contributed by atoms with Gasteiger partial charge in [0, 0.05) is 6.42 Å². The molecule has 14 heavy (non-hydrogen) atoms. The molecule has 0 bridgehead atoms. The van der Waals surface area contributed by atoms with Crippen molar-refractivity contribution in [2.24, 2.45) is 0 Å². The molecule has 1 atom stereocenters. The van der Waals surface area contributed by atoms with E-state index in [-0.39, 0.29) is 5.78 Å². The van der Waals surface area contributed by atoms with Gasteiger partial charge in [-0.1, -0.05) is 46.0 Å². The number of rotatable bonds is 9.